The van der Waals surface area contributed by atoms with Crippen LogP contribution in [0.15, 0.2) is 47.2 Å². The Balaban J connectivity index is 1.50. The first kappa shape index (κ1) is 30.9. The number of hydrogen-bond acceptors (Lipinski definition) is 2. The van der Waals surface area contributed by atoms with Gasteiger partial charge in [0, 0.05) is 17.2 Å². The molecule has 0 saturated heterocycles. The lowest BCUT2D eigenvalue weighted by Crippen LogP contribution is -2.44. The summed E-state index contributed by atoms with van der Waals surface area (Å²) in [4.78, 5) is 0. The molecule has 242 valence electrons. The molecule has 4 nitrogen and oxygen atoms in total. The van der Waals surface area contributed by atoms with Crippen molar-refractivity contribution in [1.82, 2.24) is 4.48 Å². The predicted molar refractivity (Wildman–Crippen MR) is 187 cm³/mol. The molecule has 0 spiro atoms. The number of allylic oxidation sites excluding steroid dienone is 2. The van der Waals surface area contributed by atoms with Crippen LogP contribution >= 0.6 is 0 Å². The van der Waals surface area contributed by atoms with Crippen LogP contribution in [-0.2, 0) is 0 Å². The Bertz CT molecular complexity index is 1690. The molecule has 1 aromatic carbocycles. The summed E-state index contributed by atoms with van der Waals surface area (Å²) in [6, 6.07) is 16.1. The molecular formula is C41H49BFN4+. The van der Waals surface area contributed by atoms with Crippen LogP contribution in [0.4, 0.5) is 4.32 Å². The number of hydrogen-bond donors (Lipinski definition) is 0. The third kappa shape index (κ3) is 5.17. The summed E-state index contributed by atoms with van der Waals surface area (Å²) in [5.74, 6) is 0.896. The fourth-order valence-corrected chi connectivity index (χ4v) is 10.7. The second-order valence-corrected chi connectivity index (χ2v) is 15.4. The van der Waals surface area contributed by atoms with Gasteiger partial charge < -0.3 is 0 Å². The second kappa shape index (κ2) is 13.3. The van der Waals surface area contributed by atoms with Crippen LogP contribution in [0.1, 0.15) is 168 Å². The van der Waals surface area contributed by atoms with Gasteiger partial charge in [-0.25, -0.2) is 8.80 Å². The maximum absolute atomic E-state index is 18.4. The number of halogens is 1. The normalized spacial score (nSPS) is 23.6. The molecule has 4 fully saturated rings. The Kier molecular flexibility index (Phi) is 8.73. The van der Waals surface area contributed by atoms with Crippen LogP contribution in [0.3, 0.4) is 0 Å². The highest BCUT2D eigenvalue weighted by atomic mass is 19.1. The summed E-state index contributed by atoms with van der Waals surface area (Å²) < 4.78 is 22.4. The molecule has 2 aliphatic heterocycles. The van der Waals surface area contributed by atoms with E-state index in [0.29, 0.717) is 0 Å². The molecule has 6 aliphatic rings. The summed E-state index contributed by atoms with van der Waals surface area (Å²) in [5, 5.41) is 22.1. The van der Waals surface area contributed by atoms with E-state index in [1.54, 1.807) is 0 Å². The van der Waals surface area contributed by atoms with Gasteiger partial charge in [-0.3, -0.25) is 4.48 Å². The standard InChI is InChI=1S/C41H49BFN4/c43-42-46-38(31-22-12-4-13-23-31)33(26-44)35(28-16-6-1-7-17-28)40(46)37(30-20-10-3-11-21-30)41-36(29-18-8-2-9-19-29)34(27-45)39(47(41)42)32-24-14-5-15-25-32/h3,10-11,20-21,28-29,31-32H,1-2,4-9,12-19,22-25H2/q+1. The molecule has 4 aliphatic carbocycles. The number of aromatic nitrogens is 1. The average molecular weight is 628 g/mol. The summed E-state index contributed by atoms with van der Waals surface area (Å²) in [5.41, 5.74) is 9.81. The van der Waals surface area contributed by atoms with Gasteiger partial charge in [-0.15, -0.1) is 0 Å². The number of nitriles is 2. The summed E-state index contributed by atoms with van der Waals surface area (Å²) in [6.45, 7) is 0. The van der Waals surface area contributed by atoms with Gasteiger partial charge in [0.1, 0.15) is 17.7 Å². The Labute approximate surface area is 281 Å². The SMILES string of the molecule is N#CC1=C(C2CCCCC2)C2=C(c3ccccc3)c3c(C4CCCCC4)c(C#N)c(C4CCCCC4)n3B(F)[N+]2=C1C1CCCCC1. The number of rotatable bonds is 5. The van der Waals surface area contributed by atoms with E-state index in [4.69, 9.17) is 0 Å². The Morgan fingerprint density at radius 3 is 1.74 bits per heavy atom. The van der Waals surface area contributed by atoms with Crippen molar-refractivity contribution in [3.63, 3.8) is 0 Å². The molecule has 47 heavy (non-hydrogen) atoms. The molecule has 0 bridgehead atoms. The molecule has 6 heteroatoms. The van der Waals surface area contributed by atoms with Gasteiger partial charge in [-0.05, 0) is 80.2 Å². The zero-order valence-electron chi connectivity index (χ0n) is 28.1. The fourth-order valence-electron chi connectivity index (χ4n) is 10.7. The molecule has 1 aromatic heterocycles. The Morgan fingerprint density at radius 2 is 1.19 bits per heavy atom. The minimum absolute atomic E-state index is 0.188. The minimum Gasteiger partial charge on any atom is -0.288 e. The van der Waals surface area contributed by atoms with Gasteiger partial charge in [0.05, 0.1) is 16.8 Å². The molecule has 0 N–H and O–H groups in total. The zero-order valence-corrected chi connectivity index (χ0v) is 28.1. The third-order valence-corrected chi connectivity index (χ3v) is 12.8. The van der Waals surface area contributed by atoms with Gasteiger partial charge in [0.15, 0.2) is 11.4 Å². The highest BCUT2D eigenvalue weighted by Crippen LogP contribution is 2.53. The maximum atomic E-state index is 18.4. The highest BCUT2D eigenvalue weighted by Gasteiger charge is 2.59. The molecule has 3 heterocycles. The van der Waals surface area contributed by atoms with Crippen LogP contribution < -0.4 is 0 Å². The molecule has 2 aromatic rings. The number of nitrogens with zero attached hydrogens (tertiary/aromatic N) is 4. The van der Waals surface area contributed by atoms with Crippen molar-refractivity contribution in [2.75, 3.05) is 0 Å². The van der Waals surface area contributed by atoms with E-state index in [9.17, 15) is 10.5 Å². The predicted octanol–water partition coefficient (Wildman–Crippen LogP) is 10.5. The van der Waals surface area contributed by atoms with Gasteiger partial charge >= 0.3 is 7.26 Å². The van der Waals surface area contributed by atoms with Gasteiger partial charge in [-0.1, -0.05) is 107 Å². The van der Waals surface area contributed by atoms with Gasteiger partial charge in [-0.2, -0.15) is 10.5 Å². The van der Waals surface area contributed by atoms with Crippen LogP contribution in [0.2, 0.25) is 0 Å². The van der Waals surface area contributed by atoms with Crippen molar-refractivity contribution in [3.8, 4) is 12.1 Å². The first-order valence-corrected chi connectivity index (χ1v) is 19.2. The smallest absolute Gasteiger partial charge is 0.288 e. The van der Waals surface area contributed by atoms with E-state index in [2.05, 4.69) is 42.5 Å². The molecule has 0 atom stereocenters. The molecule has 0 amide bonds. The van der Waals surface area contributed by atoms with Crippen LogP contribution in [0, 0.1) is 34.5 Å². The van der Waals surface area contributed by atoms with Crippen molar-refractivity contribution in [2.24, 2.45) is 11.8 Å². The summed E-state index contributed by atoms with van der Waals surface area (Å²) >= 11 is 0. The van der Waals surface area contributed by atoms with E-state index in [-0.39, 0.29) is 23.7 Å². The topological polar surface area (TPSA) is 55.5 Å². The second-order valence-electron chi connectivity index (χ2n) is 15.4. The fraction of sp³-hybridized carbons (Fsp3) is 0.585. The zero-order chi connectivity index (χ0) is 31.9. The Hall–Kier alpha value is -3.38. The van der Waals surface area contributed by atoms with Crippen LogP contribution in [0.25, 0.3) is 5.57 Å². The van der Waals surface area contributed by atoms with Crippen molar-refractivity contribution < 1.29 is 8.80 Å². The maximum Gasteiger partial charge on any atom is 0.846 e. The van der Waals surface area contributed by atoms with Gasteiger partial charge in [0.2, 0.25) is 0 Å². The van der Waals surface area contributed by atoms with E-state index >= 15 is 4.32 Å². The third-order valence-electron chi connectivity index (χ3n) is 12.8. The largest absolute Gasteiger partial charge is 0.846 e. The van der Waals surface area contributed by atoms with E-state index in [1.165, 1.54) is 25.7 Å². The van der Waals surface area contributed by atoms with Crippen molar-refractivity contribution in [2.45, 2.75) is 140 Å². The first-order chi connectivity index (χ1) is 23.2. The number of benzene rings is 1. The Morgan fingerprint density at radius 1 is 0.660 bits per heavy atom. The van der Waals surface area contributed by atoms with Crippen molar-refractivity contribution >= 4 is 18.5 Å². The number of fused-ring (bicyclic) bond motifs is 2. The van der Waals surface area contributed by atoms with Gasteiger partial charge in [0.25, 0.3) is 0 Å². The molecule has 4 saturated carbocycles. The lowest BCUT2D eigenvalue weighted by molar-refractivity contribution is -0.341. The minimum atomic E-state index is -1.45. The quantitative estimate of drug-likeness (QED) is 0.310. The lowest BCUT2D eigenvalue weighted by atomic mass is 9.75. The highest BCUT2D eigenvalue weighted by molar-refractivity contribution is 6.44. The molecule has 8 rings (SSSR count). The summed E-state index contributed by atoms with van der Waals surface area (Å²) in [7, 11) is -1.45. The monoisotopic (exact) mass is 627 g/mol. The molecule has 0 radical (unpaired) electrons. The van der Waals surface area contributed by atoms with E-state index in [1.807, 2.05) is 8.96 Å². The van der Waals surface area contributed by atoms with Crippen LogP contribution in [-0.4, -0.2) is 21.9 Å². The van der Waals surface area contributed by atoms with E-state index in [0.717, 1.165) is 159 Å². The van der Waals surface area contributed by atoms with E-state index < -0.39 is 7.26 Å². The molecular weight excluding hydrogens is 578 g/mol. The lowest BCUT2D eigenvalue weighted by Gasteiger charge is -2.30. The first-order valence-electron chi connectivity index (χ1n) is 19.2. The summed E-state index contributed by atoms with van der Waals surface area (Å²) in [6.07, 6.45) is 22.3. The van der Waals surface area contributed by atoms with Crippen molar-refractivity contribution in [3.05, 3.63) is 75.3 Å². The van der Waals surface area contributed by atoms with Crippen molar-refractivity contribution in [1.29, 1.82) is 10.5 Å². The molecule has 0 unspecified atom stereocenters. The van der Waals surface area contributed by atoms with Crippen LogP contribution in [0.5, 0.6) is 0 Å². The average Bonchev–Trinajstić information content (AvgIpc) is 3.68.